The van der Waals surface area contributed by atoms with Crippen LogP contribution in [0, 0.1) is 0 Å². The summed E-state index contributed by atoms with van der Waals surface area (Å²) in [6, 6.07) is 0. The second-order valence-electron chi connectivity index (χ2n) is 5.01. The summed E-state index contributed by atoms with van der Waals surface area (Å²) in [5.41, 5.74) is 5.89. The number of rotatable bonds is 6. The monoisotopic (exact) mass is 187 g/mol. The minimum Gasteiger partial charge on any atom is -0.324 e. The molecular weight excluding hydrogens is 162 g/mol. The van der Waals surface area contributed by atoms with E-state index in [0.29, 0.717) is 0 Å². The molecule has 0 rings (SSSR count). The van der Waals surface area contributed by atoms with Crippen LogP contribution in [-0.4, -0.2) is 30.7 Å². The van der Waals surface area contributed by atoms with E-state index in [1.807, 2.05) is 13.8 Å². The third-order valence-electron chi connectivity index (χ3n) is 1.80. The van der Waals surface area contributed by atoms with Crippen LogP contribution in [0.1, 0.15) is 34.6 Å². The van der Waals surface area contributed by atoms with Crippen LogP contribution in [0.15, 0.2) is 0 Å². The predicted molar refractivity (Wildman–Crippen MR) is 58.9 cm³/mol. The molecule has 3 heteroatoms. The van der Waals surface area contributed by atoms with Crippen LogP contribution in [0.5, 0.6) is 0 Å². The van der Waals surface area contributed by atoms with Crippen molar-refractivity contribution >= 4 is 0 Å². The van der Waals surface area contributed by atoms with Gasteiger partial charge in [0, 0.05) is 24.2 Å². The Labute approximate surface area is 82.5 Å². The summed E-state index contributed by atoms with van der Waals surface area (Å²) in [6.45, 7) is 13.3. The first-order valence-corrected chi connectivity index (χ1v) is 5.01. The summed E-state index contributed by atoms with van der Waals surface area (Å²) >= 11 is 0. The molecule has 0 aromatic rings. The normalized spacial score (nSPS) is 13.4. The fraction of sp³-hybridized carbons (Fsp3) is 1.00. The van der Waals surface area contributed by atoms with Gasteiger partial charge < -0.3 is 16.4 Å². The van der Waals surface area contributed by atoms with E-state index in [1.165, 1.54) is 0 Å². The molecule has 0 bridgehead atoms. The predicted octanol–water partition coefficient (Wildman–Crippen LogP) is 0.701. The van der Waals surface area contributed by atoms with Crippen molar-refractivity contribution in [3.63, 3.8) is 0 Å². The Balaban J connectivity index is 3.63. The summed E-state index contributed by atoms with van der Waals surface area (Å²) in [7, 11) is 0. The molecule has 13 heavy (non-hydrogen) atoms. The maximum Gasteiger partial charge on any atom is 0.0249 e. The highest BCUT2D eigenvalue weighted by molar-refractivity contribution is 4.82. The molecule has 80 valence electrons. The zero-order valence-electron chi connectivity index (χ0n) is 9.70. The van der Waals surface area contributed by atoms with Gasteiger partial charge in [-0.25, -0.2) is 0 Å². The number of hydrogen-bond acceptors (Lipinski definition) is 3. The molecule has 0 unspecified atom stereocenters. The van der Waals surface area contributed by atoms with Crippen molar-refractivity contribution in [2.24, 2.45) is 5.73 Å². The SMILES string of the molecule is CCNC(C)(C)CNCC(C)(C)N. The zero-order valence-corrected chi connectivity index (χ0v) is 9.70. The van der Waals surface area contributed by atoms with E-state index in [1.54, 1.807) is 0 Å². The van der Waals surface area contributed by atoms with Crippen molar-refractivity contribution in [1.82, 2.24) is 10.6 Å². The topological polar surface area (TPSA) is 50.1 Å². The van der Waals surface area contributed by atoms with E-state index in [2.05, 4.69) is 31.4 Å². The van der Waals surface area contributed by atoms with Crippen LogP contribution >= 0.6 is 0 Å². The smallest absolute Gasteiger partial charge is 0.0249 e. The molecule has 0 heterocycles. The Kier molecular flexibility index (Phi) is 4.89. The van der Waals surface area contributed by atoms with Crippen LogP contribution in [-0.2, 0) is 0 Å². The first-order valence-electron chi connectivity index (χ1n) is 5.01. The van der Waals surface area contributed by atoms with E-state index in [0.717, 1.165) is 19.6 Å². The van der Waals surface area contributed by atoms with Crippen LogP contribution in [0.25, 0.3) is 0 Å². The number of hydrogen-bond donors (Lipinski definition) is 3. The maximum atomic E-state index is 5.86. The van der Waals surface area contributed by atoms with E-state index in [4.69, 9.17) is 5.73 Å². The minimum atomic E-state index is -0.123. The van der Waals surface area contributed by atoms with Gasteiger partial charge in [-0.15, -0.1) is 0 Å². The highest BCUT2D eigenvalue weighted by Gasteiger charge is 2.17. The van der Waals surface area contributed by atoms with Crippen molar-refractivity contribution < 1.29 is 0 Å². The van der Waals surface area contributed by atoms with E-state index in [-0.39, 0.29) is 11.1 Å². The molecule has 0 aromatic heterocycles. The van der Waals surface area contributed by atoms with Crippen LogP contribution in [0.4, 0.5) is 0 Å². The zero-order chi connectivity index (χ0) is 10.5. The van der Waals surface area contributed by atoms with Crippen molar-refractivity contribution in [3.8, 4) is 0 Å². The Morgan fingerprint density at radius 1 is 1.08 bits per heavy atom. The van der Waals surface area contributed by atoms with E-state index >= 15 is 0 Å². The van der Waals surface area contributed by atoms with Gasteiger partial charge in [-0.1, -0.05) is 6.92 Å². The van der Waals surface area contributed by atoms with Gasteiger partial charge in [0.15, 0.2) is 0 Å². The van der Waals surface area contributed by atoms with Gasteiger partial charge in [0.1, 0.15) is 0 Å². The standard InChI is InChI=1S/C10H25N3/c1-6-13-10(4,5)8-12-7-9(2,3)11/h12-13H,6-8,11H2,1-5H3. The van der Waals surface area contributed by atoms with Gasteiger partial charge in [0.2, 0.25) is 0 Å². The van der Waals surface area contributed by atoms with Crippen molar-refractivity contribution in [1.29, 1.82) is 0 Å². The van der Waals surface area contributed by atoms with Gasteiger partial charge in [0.25, 0.3) is 0 Å². The highest BCUT2D eigenvalue weighted by atomic mass is 15.0. The molecule has 0 aliphatic heterocycles. The average molecular weight is 187 g/mol. The molecule has 0 fully saturated rings. The molecule has 0 radical (unpaired) electrons. The van der Waals surface area contributed by atoms with Crippen LogP contribution < -0.4 is 16.4 Å². The quantitative estimate of drug-likeness (QED) is 0.574. The van der Waals surface area contributed by atoms with Crippen LogP contribution in [0.2, 0.25) is 0 Å². The Bertz CT molecular complexity index is 136. The molecule has 0 aliphatic rings. The second-order valence-corrected chi connectivity index (χ2v) is 5.01. The van der Waals surface area contributed by atoms with Gasteiger partial charge in [-0.3, -0.25) is 0 Å². The number of likely N-dealkylation sites (N-methyl/N-ethyl adjacent to an activating group) is 1. The lowest BCUT2D eigenvalue weighted by molar-refractivity contribution is 0.353. The van der Waals surface area contributed by atoms with Gasteiger partial charge in [-0.2, -0.15) is 0 Å². The minimum absolute atomic E-state index is 0.123. The number of nitrogens with two attached hydrogens (primary N) is 1. The lowest BCUT2D eigenvalue weighted by Gasteiger charge is -2.28. The highest BCUT2D eigenvalue weighted by Crippen LogP contribution is 2.00. The molecule has 3 nitrogen and oxygen atoms in total. The van der Waals surface area contributed by atoms with E-state index in [9.17, 15) is 0 Å². The molecule has 0 saturated carbocycles. The lowest BCUT2D eigenvalue weighted by Crippen LogP contribution is -2.51. The molecule has 0 amide bonds. The first kappa shape index (κ1) is 12.9. The summed E-state index contributed by atoms with van der Waals surface area (Å²) in [6.07, 6.45) is 0. The molecule has 0 spiro atoms. The lowest BCUT2D eigenvalue weighted by atomic mass is 10.0. The molecule has 4 N–H and O–H groups in total. The first-order chi connectivity index (χ1) is 5.77. The van der Waals surface area contributed by atoms with Crippen molar-refractivity contribution in [2.45, 2.75) is 45.7 Å². The fourth-order valence-electron chi connectivity index (χ4n) is 1.24. The fourth-order valence-corrected chi connectivity index (χ4v) is 1.24. The van der Waals surface area contributed by atoms with Gasteiger partial charge in [0.05, 0.1) is 0 Å². The Morgan fingerprint density at radius 3 is 2.00 bits per heavy atom. The van der Waals surface area contributed by atoms with Gasteiger partial charge >= 0.3 is 0 Å². The number of nitrogens with one attached hydrogen (secondary N) is 2. The largest absolute Gasteiger partial charge is 0.324 e. The second kappa shape index (κ2) is 4.94. The van der Waals surface area contributed by atoms with Crippen LogP contribution in [0.3, 0.4) is 0 Å². The maximum absolute atomic E-state index is 5.86. The molecule has 0 saturated heterocycles. The molecule has 0 aliphatic carbocycles. The summed E-state index contributed by atoms with van der Waals surface area (Å²) in [4.78, 5) is 0. The molecule has 0 aromatic carbocycles. The molecule has 0 atom stereocenters. The van der Waals surface area contributed by atoms with Crippen molar-refractivity contribution in [2.75, 3.05) is 19.6 Å². The third kappa shape index (κ3) is 8.22. The summed E-state index contributed by atoms with van der Waals surface area (Å²) in [5.74, 6) is 0. The Morgan fingerprint density at radius 2 is 1.62 bits per heavy atom. The molecular formula is C10H25N3. The summed E-state index contributed by atoms with van der Waals surface area (Å²) in [5, 5.41) is 6.77. The Hall–Kier alpha value is -0.120. The third-order valence-corrected chi connectivity index (χ3v) is 1.80. The van der Waals surface area contributed by atoms with E-state index < -0.39 is 0 Å². The van der Waals surface area contributed by atoms with Crippen molar-refractivity contribution in [3.05, 3.63) is 0 Å². The van der Waals surface area contributed by atoms with Gasteiger partial charge in [-0.05, 0) is 34.2 Å². The summed E-state index contributed by atoms with van der Waals surface area (Å²) < 4.78 is 0. The average Bonchev–Trinajstić information content (AvgIpc) is 1.82.